The van der Waals surface area contributed by atoms with Gasteiger partial charge in [-0.25, -0.2) is 13.6 Å². The molecule has 1 aliphatic heterocycles. The van der Waals surface area contributed by atoms with Crippen LogP contribution in [0.1, 0.15) is 24.5 Å². The maximum absolute atomic E-state index is 11.6. The zero-order valence-electron chi connectivity index (χ0n) is 10.5. The van der Waals surface area contributed by atoms with Crippen LogP contribution in [-0.2, 0) is 27.8 Å². The van der Waals surface area contributed by atoms with E-state index in [9.17, 15) is 13.2 Å². The third-order valence-electron chi connectivity index (χ3n) is 3.29. The van der Waals surface area contributed by atoms with Crippen LogP contribution >= 0.6 is 11.6 Å². The van der Waals surface area contributed by atoms with E-state index in [0.717, 1.165) is 12.0 Å². The maximum atomic E-state index is 11.6. The van der Waals surface area contributed by atoms with Crippen molar-refractivity contribution < 1.29 is 13.2 Å². The van der Waals surface area contributed by atoms with Gasteiger partial charge in [0.2, 0.25) is 15.9 Å². The molecule has 0 unspecified atom stereocenters. The number of primary sulfonamides is 1. The van der Waals surface area contributed by atoms with Crippen LogP contribution in [0.4, 0.5) is 0 Å². The van der Waals surface area contributed by atoms with Crippen molar-refractivity contribution in [3.63, 3.8) is 0 Å². The summed E-state index contributed by atoms with van der Waals surface area (Å²) < 4.78 is 23.3. The summed E-state index contributed by atoms with van der Waals surface area (Å²) in [4.78, 5) is 13.2. The van der Waals surface area contributed by atoms with Crippen molar-refractivity contribution in [3.05, 3.63) is 28.3 Å². The molecule has 19 heavy (non-hydrogen) atoms. The van der Waals surface area contributed by atoms with Gasteiger partial charge in [0.25, 0.3) is 0 Å². The van der Waals surface area contributed by atoms with Crippen molar-refractivity contribution >= 4 is 27.5 Å². The van der Waals surface area contributed by atoms with Gasteiger partial charge in [0.1, 0.15) is 0 Å². The zero-order chi connectivity index (χ0) is 14.2. The number of rotatable bonds is 1. The van der Waals surface area contributed by atoms with E-state index in [1.54, 1.807) is 11.0 Å². The van der Waals surface area contributed by atoms with Gasteiger partial charge in [0.15, 0.2) is 0 Å². The van der Waals surface area contributed by atoms with Crippen molar-refractivity contribution in [1.82, 2.24) is 4.90 Å². The fraction of sp³-hybridized carbons (Fsp3) is 0.417. The lowest BCUT2D eigenvalue weighted by molar-refractivity contribution is -0.129. The molecule has 0 saturated carbocycles. The molecule has 104 valence electrons. The van der Waals surface area contributed by atoms with Gasteiger partial charge >= 0.3 is 0 Å². The molecular weight excluding hydrogens is 288 g/mol. The SMILES string of the molecule is CC(=O)N1CCCc2c(Cl)ccc(S(N)(=O)=O)c2C1. The molecule has 2 rings (SSSR count). The van der Waals surface area contributed by atoms with E-state index in [1.165, 1.54) is 13.0 Å². The van der Waals surface area contributed by atoms with Crippen LogP contribution in [0.25, 0.3) is 0 Å². The Labute approximate surface area is 117 Å². The van der Waals surface area contributed by atoms with Crippen molar-refractivity contribution in [1.29, 1.82) is 0 Å². The van der Waals surface area contributed by atoms with Crippen molar-refractivity contribution in [2.24, 2.45) is 5.14 Å². The Balaban J connectivity index is 2.61. The van der Waals surface area contributed by atoms with Crippen molar-refractivity contribution in [2.45, 2.75) is 31.2 Å². The summed E-state index contributed by atoms with van der Waals surface area (Å²) in [7, 11) is -3.82. The van der Waals surface area contributed by atoms with Crippen LogP contribution in [0.3, 0.4) is 0 Å². The van der Waals surface area contributed by atoms with Crippen molar-refractivity contribution in [2.75, 3.05) is 6.54 Å². The Morgan fingerprint density at radius 3 is 2.63 bits per heavy atom. The van der Waals surface area contributed by atoms with Crippen LogP contribution in [0.2, 0.25) is 5.02 Å². The van der Waals surface area contributed by atoms with Crippen molar-refractivity contribution in [3.8, 4) is 0 Å². The number of carbonyl (C=O) groups excluding carboxylic acids is 1. The summed E-state index contributed by atoms with van der Waals surface area (Å²) in [5.41, 5.74) is 1.32. The fourth-order valence-corrected chi connectivity index (χ4v) is 3.40. The predicted molar refractivity (Wildman–Crippen MR) is 72.2 cm³/mol. The van der Waals surface area contributed by atoms with Gasteiger partial charge < -0.3 is 4.90 Å². The number of hydrogen-bond acceptors (Lipinski definition) is 3. The van der Waals surface area contributed by atoms with Crippen LogP contribution in [0.5, 0.6) is 0 Å². The number of halogens is 1. The van der Waals surface area contributed by atoms with E-state index in [0.29, 0.717) is 23.6 Å². The molecule has 5 nitrogen and oxygen atoms in total. The van der Waals surface area contributed by atoms with E-state index < -0.39 is 10.0 Å². The molecule has 0 atom stereocenters. The molecule has 2 N–H and O–H groups in total. The molecule has 0 spiro atoms. The third-order valence-corrected chi connectivity index (χ3v) is 4.64. The Morgan fingerprint density at radius 2 is 2.05 bits per heavy atom. The monoisotopic (exact) mass is 302 g/mol. The molecule has 0 radical (unpaired) electrons. The minimum atomic E-state index is -3.82. The summed E-state index contributed by atoms with van der Waals surface area (Å²) in [6.45, 7) is 2.29. The highest BCUT2D eigenvalue weighted by atomic mass is 35.5. The number of fused-ring (bicyclic) bond motifs is 1. The average Bonchev–Trinajstić information content (AvgIpc) is 2.50. The molecule has 0 fully saturated rings. The summed E-state index contributed by atoms with van der Waals surface area (Å²) in [5.74, 6) is -0.0896. The third kappa shape index (κ3) is 2.91. The molecule has 0 aliphatic carbocycles. The first-order valence-corrected chi connectivity index (χ1v) is 7.81. The van der Waals surface area contributed by atoms with Gasteiger partial charge in [0.05, 0.1) is 4.90 Å². The smallest absolute Gasteiger partial charge is 0.238 e. The number of amides is 1. The predicted octanol–water partition coefficient (Wildman–Crippen LogP) is 1.28. The van der Waals surface area contributed by atoms with Gasteiger partial charge in [-0.05, 0) is 36.1 Å². The minimum absolute atomic E-state index is 0.0556. The topological polar surface area (TPSA) is 80.5 Å². The number of nitrogens with two attached hydrogens (primary N) is 1. The number of nitrogens with zero attached hydrogens (tertiary/aromatic N) is 1. The second-order valence-corrected chi connectivity index (χ2v) is 6.53. The highest BCUT2D eigenvalue weighted by molar-refractivity contribution is 7.89. The molecular formula is C12H15ClN2O3S. The summed E-state index contributed by atoms with van der Waals surface area (Å²) in [6.07, 6.45) is 1.39. The Bertz CT molecular complexity index is 628. The number of benzene rings is 1. The quantitative estimate of drug-likeness (QED) is 0.848. The van der Waals surface area contributed by atoms with E-state index >= 15 is 0 Å². The number of carbonyl (C=O) groups is 1. The van der Waals surface area contributed by atoms with E-state index in [-0.39, 0.29) is 17.3 Å². The first kappa shape index (κ1) is 14.3. The lowest BCUT2D eigenvalue weighted by Gasteiger charge is -2.20. The highest BCUT2D eigenvalue weighted by Gasteiger charge is 2.24. The minimum Gasteiger partial charge on any atom is -0.339 e. The fourth-order valence-electron chi connectivity index (χ4n) is 2.34. The molecule has 1 aromatic carbocycles. The highest BCUT2D eigenvalue weighted by Crippen LogP contribution is 2.30. The van der Waals surface area contributed by atoms with E-state index in [4.69, 9.17) is 16.7 Å². The second-order valence-electron chi connectivity index (χ2n) is 4.59. The first-order valence-electron chi connectivity index (χ1n) is 5.89. The van der Waals surface area contributed by atoms with Gasteiger partial charge in [-0.3, -0.25) is 4.79 Å². The molecule has 1 aromatic rings. The van der Waals surface area contributed by atoms with Crippen LogP contribution < -0.4 is 5.14 Å². The van der Waals surface area contributed by atoms with Gasteiger partial charge in [-0.1, -0.05) is 11.6 Å². The molecule has 1 amide bonds. The Kier molecular flexibility index (Phi) is 3.85. The average molecular weight is 303 g/mol. The summed E-state index contributed by atoms with van der Waals surface area (Å²) in [6, 6.07) is 2.95. The van der Waals surface area contributed by atoms with E-state index in [2.05, 4.69) is 0 Å². The van der Waals surface area contributed by atoms with Crippen LogP contribution in [0.15, 0.2) is 17.0 Å². The molecule has 1 aliphatic rings. The molecule has 0 aromatic heterocycles. The van der Waals surface area contributed by atoms with Gasteiger partial charge in [-0.15, -0.1) is 0 Å². The summed E-state index contributed by atoms with van der Waals surface area (Å²) in [5, 5.41) is 5.75. The molecule has 1 heterocycles. The molecule has 0 bridgehead atoms. The second kappa shape index (κ2) is 5.11. The first-order chi connectivity index (χ1) is 8.80. The zero-order valence-corrected chi connectivity index (χ0v) is 12.1. The number of hydrogen-bond donors (Lipinski definition) is 1. The summed E-state index contributed by atoms with van der Waals surface area (Å²) >= 11 is 6.12. The number of sulfonamides is 1. The molecule has 0 saturated heterocycles. The Morgan fingerprint density at radius 1 is 1.37 bits per heavy atom. The van der Waals surface area contributed by atoms with Crippen LogP contribution in [0, 0.1) is 0 Å². The maximum Gasteiger partial charge on any atom is 0.238 e. The van der Waals surface area contributed by atoms with Crippen LogP contribution in [-0.4, -0.2) is 25.8 Å². The normalized spacial score (nSPS) is 15.8. The van der Waals surface area contributed by atoms with Gasteiger partial charge in [0, 0.05) is 25.0 Å². The largest absolute Gasteiger partial charge is 0.339 e. The van der Waals surface area contributed by atoms with Gasteiger partial charge in [-0.2, -0.15) is 0 Å². The lowest BCUT2D eigenvalue weighted by atomic mass is 10.0. The Hall–Kier alpha value is -1.11. The standard InChI is InChI=1S/C12H15ClN2O3S/c1-8(16)15-6-2-3-9-10(7-15)12(19(14,17)18)5-4-11(9)13/h4-5H,2-3,6-7H2,1H3,(H2,14,17,18). The molecule has 7 heteroatoms. The lowest BCUT2D eigenvalue weighted by Crippen LogP contribution is -2.29. The van der Waals surface area contributed by atoms with E-state index in [1.807, 2.05) is 0 Å².